The molecule has 0 spiro atoms. The molecule has 0 atom stereocenters. The van der Waals surface area contributed by atoms with Gasteiger partial charge in [0.1, 0.15) is 5.49 Å². The van der Waals surface area contributed by atoms with Gasteiger partial charge in [-0.2, -0.15) is 0 Å². The quantitative estimate of drug-likeness (QED) is 0.598. The summed E-state index contributed by atoms with van der Waals surface area (Å²) in [7, 11) is 1.89. The number of hydrogen-bond donors (Lipinski definition) is 1. The average Bonchev–Trinajstić information content (AvgIpc) is 1.95. The second-order valence-electron chi connectivity index (χ2n) is 2.39. The molecule has 1 rings (SSSR count). The highest BCUT2D eigenvalue weighted by atomic mass is 14.9. The lowest BCUT2D eigenvalue weighted by Crippen LogP contribution is -2.14. The normalized spacial score (nSPS) is 9.80. The number of nitrogens with one attached hydrogen (secondary N) is 1. The molecule has 54 valence electrons. The monoisotopic (exact) mass is 136 g/mol. The first-order valence-electron chi connectivity index (χ1n) is 3.44. The smallest absolute Gasteiger partial charge is 0.124 e. The molecule has 2 nitrogen and oxygen atoms in total. The van der Waals surface area contributed by atoms with Gasteiger partial charge in [0.2, 0.25) is 0 Å². The Kier molecular flexibility index (Phi) is 1.90. The van der Waals surface area contributed by atoms with Crippen LogP contribution in [0.4, 0.5) is 0 Å². The molecular formula is C8H12N2. The van der Waals surface area contributed by atoms with E-state index >= 15 is 0 Å². The molecule has 1 aromatic rings. The first-order valence-corrected chi connectivity index (χ1v) is 3.44. The molecule has 0 radical (unpaired) electrons. The lowest BCUT2D eigenvalue weighted by Gasteiger charge is -2.00. The Morgan fingerprint density at radius 3 is 2.70 bits per heavy atom. The van der Waals surface area contributed by atoms with E-state index in [0.29, 0.717) is 5.49 Å². The minimum absolute atomic E-state index is 0.553. The fraction of sp³-hybridized carbons (Fsp3) is 0.375. The van der Waals surface area contributed by atoms with Gasteiger partial charge in [0.25, 0.3) is 0 Å². The zero-order valence-corrected chi connectivity index (χ0v) is 6.39. The Hall–Kier alpha value is -1.05. The van der Waals surface area contributed by atoms with Crippen LogP contribution in [0.3, 0.4) is 0 Å². The average molecular weight is 136 g/mol. The summed E-state index contributed by atoms with van der Waals surface area (Å²) < 4.78 is 1.82. The van der Waals surface area contributed by atoms with Crippen LogP contribution in [0.15, 0.2) is 18.3 Å². The van der Waals surface area contributed by atoms with E-state index in [1.165, 1.54) is 5.56 Å². The van der Waals surface area contributed by atoms with Gasteiger partial charge in [-0.25, -0.2) is 0 Å². The van der Waals surface area contributed by atoms with Gasteiger partial charge in [-0.3, -0.25) is 5.41 Å². The topological polar surface area (TPSA) is 28.8 Å². The summed E-state index contributed by atoms with van der Waals surface area (Å²) in [4.78, 5) is 0. The van der Waals surface area contributed by atoms with Crippen molar-refractivity contribution in [1.29, 1.82) is 5.41 Å². The third-order valence-electron chi connectivity index (χ3n) is 1.60. The van der Waals surface area contributed by atoms with Crippen molar-refractivity contribution in [3.05, 3.63) is 29.4 Å². The molecule has 0 saturated carbocycles. The number of rotatable bonds is 1. The first kappa shape index (κ1) is 7.06. The summed E-state index contributed by atoms with van der Waals surface area (Å²) in [6.45, 7) is 2.11. The number of pyridine rings is 1. The summed E-state index contributed by atoms with van der Waals surface area (Å²) in [6, 6.07) is 3.81. The van der Waals surface area contributed by atoms with Gasteiger partial charge in [-0.15, -0.1) is 0 Å². The van der Waals surface area contributed by atoms with Gasteiger partial charge in [0, 0.05) is 13.2 Å². The molecule has 0 aliphatic rings. The molecule has 0 aliphatic heterocycles. The molecule has 0 amide bonds. The predicted molar refractivity (Wildman–Crippen MR) is 40.6 cm³/mol. The molecule has 2 heteroatoms. The van der Waals surface area contributed by atoms with Crippen LogP contribution in [0.25, 0.3) is 0 Å². The van der Waals surface area contributed by atoms with Crippen LogP contribution in [0.1, 0.15) is 12.5 Å². The van der Waals surface area contributed by atoms with Crippen molar-refractivity contribution in [2.75, 3.05) is 0 Å². The molecule has 0 aliphatic carbocycles. The molecular weight excluding hydrogens is 124 g/mol. The number of nitrogens with zero attached hydrogens (tertiary/aromatic N) is 1. The van der Waals surface area contributed by atoms with Crippen LogP contribution in [-0.4, -0.2) is 4.57 Å². The molecule has 1 aromatic heterocycles. The fourth-order valence-corrected chi connectivity index (χ4v) is 0.874. The van der Waals surface area contributed by atoms with Gasteiger partial charge in [0.15, 0.2) is 0 Å². The summed E-state index contributed by atoms with van der Waals surface area (Å²) >= 11 is 0. The van der Waals surface area contributed by atoms with E-state index in [9.17, 15) is 0 Å². The highest BCUT2D eigenvalue weighted by Crippen LogP contribution is 1.93. The largest absolute Gasteiger partial charge is 0.336 e. The lowest BCUT2D eigenvalue weighted by atomic mass is 10.2. The van der Waals surface area contributed by atoms with Crippen molar-refractivity contribution >= 4 is 0 Å². The van der Waals surface area contributed by atoms with Gasteiger partial charge in [-0.05, 0) is 18.1 Å². The standard InChI is InChI=1S/C8H12N2/c1-3-7-4-5-8(9)10(2)6-7/h4-6,9H,3H2,1-2H3. The predicted octanol–water partition coefficient (Wildman–Crippen LogP) is 1.07. The van der Waals surface area contributed by atoms with Gasteiger partial charge in [-0.1, -0.05) is 13.0 Å². The van der Waals surface area contributed by atoms with Crippen molar-refractivity contribution in [3.63, 3.8) is 0 Å². The van der Waals surface area contributed by atoms with Crippen LogP contribution in [0.5, 0.6) is 0 Å². The molecule has 0 saturated heterocycles. The molecule has 0 fully saturated rings. The zero-order chi connectivity index (χ0) is 7.56. The molecule has 10 heavy (non-hydrogen) atoms. The van der Waals surface area contributed by atoms with Gasteiger partial charge in [0.05, 0.1) is 0 Å². The van der Waals surface area contributed by atoms with E-state index < -0.39 is 0 Å². The third-order valence-corrected chi connectivity index (χ3v) is 1.60. The van der Waals surface area contributed by atoms with Crippen LogP contribution >= 0.6 is 0 Å². The Bertz CT molecular complexity index is 273. The molecule has 1 heterocycles. The van der Waals surface area contributed by atoms with E-state index in [0.717, 1.165) is 6.42 Å². The zero-order valence-electron chi connectivity index (χ0n) is 6.39. The van der Waals surface area contributed by atoms with Crippen molar-refractivity contribution in [1.82, 2.24) is 4.57 Å². The van der Waals surface area contributed by atoms with E-state index in [2.05, 4.69) is 6.92 Å². The van der Waals surface area contributed by atoms with Crippen LogP contribution in [-0.2, 0) is 13.5 Å². The van der Waals surface area contributed by atoms with Gasteiger partial charge >= 0.3 is 0 Å². The van der Waals surface area contributed by atoms with E-state index in [4.69, 9.17) is 5.41 Å². The Morgan fingerprint density at radius 1 is 1.50 bits per heavy atom. The summed E-state index contributed by atoms with van der Waals surface area (Å²) in [5.74, 6) is 0. The van der Waals surface area contributed by atoms with Crippen LogP contribution in [0.2, 0.25) is 0 Å². The number of hydrogen-bond acceptors (Lipinski definition) is 1. The molecule has 0 aromatic carbocycles. The van der Waals surface area contributed by atoms with Crippen molar-refractivity contribution in [2.24, 2.45) is 7.05 Å². The van der Waals surface area contributed by atoms with Crippen molar-refractivity contribution < 1.29 is 0 Å². The minimum Gasteiger partial charge on any atom is -0.336 e. The van der Waals surface area contributed by atoms with E-state index in [1.54, 1.807) is 0 Å². The lowest BCUT2D eigenvalue weighted by molar-refractivity contribution is 0.803. The highest BCUT2D eigenvalue weighted by molar-refractivity contribution is 5.08. The maximum absolute atomic E-state index is 7.35. The number of aryl methyl sites for hydroxylation is 2. The summed E-state index contributed by atoms with van der Waals surface area (Å²) in [5, 5.41) is 7.35. The molecule has 0 unspecified atom stereocenters. The second kappa shape index (κ2) is 2.69. The Balaban J connectivity index is 3.17. The number of aromatic nitrogens is 1. The second-order valence-corrected chi connectivity index (χ2v) is 2.39. The highest BCUT2D eigenvalue weighted by Gasteiger charge is 1.87. The Morgan fingerprint density at radius 2 is 2.20 bits per heavy atom. The summed E-state index contributed by atoms with van der Waals surface area (Å²) in [5.41, 5.74) is 1.83. The van der Waals surface area contributed by atoms with Crippen LogP contribution in [0, 0.1) is 5.41 Å². The molecule has 1 N–H and O–H groups in total. The maximum Gasteiger partial charge on any atom is 0.124 e. The summed E-state index contributed by atoms with van der Waals surface area (Å²) in [6.07, 6.45) is 3.02. The minimum atomic E-state index is 0.553. The van der Waals surface area contributed by atoms with Gasteiger partial charge < -0.3 is 4.57 Å². The van der Waals surface area contributed by atoms with Crippen LogP contribution < -0.4 is 5.49 Å². The van der Waals surface area contributed by atoms with Crippen molar-refractivity contribution in [2.45, 2.75) is 13.3 Å². The van der Waals surface area contributed by atoms with Crippen molar-refractivity contribution in [3.8, 4) is 0 Å². The first-order chi connectivity index (χ1) is 4.74. The molecule has 0 bridgehead atoms. The third kappa shape index (κ3) is 1.26. The fourth-order valence-electron chi connectivity index (χ4n) is 0.874. The van der Waals surface area contributed by atoms with E-state index in [1.807, 2.05) is 29.9 Å². The van der Waals surface area contributed by atoms with E-state index in [-0.39, 0.29) is 0 Å². The maximum atomic E-state index is 7.35. The Labute approximate surface area is 60.6 Å². The SMILES string of the molecule is CCc1ccc(=N)n(C)c1.